The molecule has 1 amide bonds. The number of H-pyrrole nitrogens is 1. The molecule has 0 spiro atoms. The zero-order valence-corrected chi connectivity index (χ0v) is 13.1. The van der Waals surface area contributed by atoms with E-state index in [0.29, 0.717) is 5.56 Å². The van der Waals surface area contributed by atoms with E-state index in [0.717, 1.165) is 14.3 Å². The van der Waals surface area contributed by atoms with Gasteiger partial charge < -0.3 is 15.0 Å². The highest BCUT2D eigenvalue weighted by molar-refractivity contribution is 14.1. The maximum atomic E-state index is 12.5. The van der Waals surface area contributed by atoms with Gasteiger partial charge in [-0.15, -0.1) is 11.3 Å². The van der Waals surface area contributed by atoms with E-state index in [2.05, 4.69) is 32.6 Å². The molecule has 2 aromatic rings. The molecule has 8 heteroatoms. The van der Waals surface area contributed by atoms with Crippen molar-refractivity contribution in [2.45, 2.75) is 19.0 Å². The summed E-state index contributed by atoms with van der Waals surface area (Å²) in [6.07, 6.45) is 1.77. The van der Waals surface area contributed by atoms with E-state index in [1.54, 1.807) is 11.4 Å². The highest BCUT2D eigenvalue weighted by atomic mass is 127. The Morgan fingerprint density at radius 1 is 1.55 bits per heavy atom. The average Bonchev–Trinajstić information content (AvgIpc) is 3.04. The lowest BCUT2D eigenvalue weighted by molar-refractivity contribution is -0.142. The van der Waals surface area contributed by atoms with Crippen molar-refractivity contribution in [3.05, 3.63) is 37.6 Å². The van der Waals surface area contributed by atoms with Gasteiger partial charge in [-0.05, 0) is 28.7 Å². The van der Waals surface area contributed by atoms with Crippen LogP contribution in [-0.4, -0.2) is 37.9 Å². The fourth-order valence-corrected chi connectivity index (χ4v) is 3.58. The number of carboxylic acid groups (broad SMARTS) is 1. The third-order valence-electron chi connectivity index (χ3n) is 3.26. The predicted octanol–water partition coefficient (Wildman–Crippen LogP) is 1.73. The van der Waals surface area contributed by atoms with Crippen molar-refractivity contribution in [2.75, 3.05) is 0 Å². The molecule has 0 fully saturated rings. The summed E-state index contributed by atoms with van der Waals surface area (Å²) < 4.78 is 0.997. The van der Waals surface area contributed by atoms with Crippen LogP contribution in [0, 0.1) is 2.88 Å². The van der Waals surface area contributed by atoms with Crippen LogP contribution in [0.2, 0.25) is 0 Å². The van der Waals surface area contributed by atoms with Crippen molar-refractivity contribution >= 4 is 45.8 Å². The van der Waals surface area contributed by atoms with Crippen LogP contribution in [0.15, 0.2) is 17.8 Å². The number of aliphatic carboxylic acids is 1. The maximum Gasteiger partial charge on any atom is 0.326 e. The van der Waals surface area contributed by atoms with Crippen molar-refractivity contribution in [2.24, 2.45) is 0 Å². The van der Waals surface area contributed by atoms with E-state index >= 15 is 0 Å². The molecule has 1 aliphatic rings. The van der Waals surface area contributed by atoms with Gasteiger partial charge in [0.05, 0.1) is 32.7 Å². The molecule has 0 saturated carbocycles. The first kappa shape index (κ1) is 13.6. The van der Waals surface area contributed by atoms with Crippen LogP contribution in [0.25, 0.3) is 0 Å². The first-order valence-corrected chi connectivity index (χ1v) is 7.81. The number of nitrogens with zero attached hydrogens (tertiary/aromatic N) is 2. The molecule has 0 radical (unpaired) electrons. The lowest BCUT2D eigenvalue weighted by Crippen LogP contribution is -2.48. The number of hydrogen-bond donors (Lipinski definition) is 2. The van der Waals surface area contributed by atoms with E-state index in [-0.39, 0.29) is 18.9 Å². The fourth-order valence-electron chi connectivity index (χ4n) is 2.26. The third kappa shape index (κ3) is 2.33. The normalized spacial score (nSPS) is 17.9. The molecule has 2 N–H and O–H groups in total. The number of aromatic amines is 1. The fraction of sp³-hybridized carbons (Fsp3) is 0.250. The Hall–Kier alpha value is -1.42. The SMILES string of the molecule is O=C(O)C1Cc2nc[nH]c2CN1C(=O)c1csc(I)c1. The number of nitrogens with one attached hydrogen (secondary N) is 1. The van der Waals surface area contributed by atoms with E-state index < -0.39 is 12.0 Å². The van der Waals surface area contributed by atoms with Crippen LogP contribution in [0.1, 0.15) is 21.7 Å². The number of hydrogen-bond acceptors (Lipinski definition) is 4. The van der Waals surface area contributed by atoms with Crippen molar-refractivity contribution in [1.82, 2.24) is 14.9 Å². The quantitative estimate of drug-likeness (QED) is 0.748. The van der Waals surface area contributed by atoms with Crippen LogP contribution >= 0.6 is 33.9 Å². The van der Waals surface area contributed by atoms with E-state index in [1.165, 1.54) is 22.6 Å². The van der Waals surface area contributed by atoms with Gasteiger partial charge in [-0.2, -0.15) is 0 Å². The number of amides is 1. The number of imidazole rings is 1. The van der Waals surface area contributed by atoms with Gasteiger partial charge in [0.2, 0.25) is 0 Å². The molecule has 3 rings (SSSR count). The number of aromatic nitrogens is 2. The lowest BCUT2D eigenvalue weighted by Gasteiger charge is -2.32. The zero-order valence-electron chi connectivity index (χ0n) is 10.2. The summed E-state index contributed by atoms with van der Waals surface area (Å²) in [5.41, 5.74) is 2.07. The van der Waals surface area contributed by atoms with Gasteiger partial charge >= 0.3 is 5.97 Å². The Kier molecular flexibility index (Phi) is 3.50. The van der Waals surface area contributed by atoms with E-state index in [9.17, 15) is 14.7 Å². The summed E-state index contributed by atoms with van der Waals surface area (Å²) in [6, 6.07) is 0.908. The molecule has 1 atom stereocenters. The van der Waals surface area contributed by atoms with Gasteiger partial charge in [0.25, 0.3) is 5.91 Å². The van der Waals surface area contributed by atoms with E-state index in [4.69, 9.17) is 0 Å². The summed E-state index contributed by atoms with van der Waals surface area (Å²) >= 11 is 3.60. The number of fused-ring (bicyclic) bond motifs is 1. The lowest BCUT2D eigenvalue weighted by atomic mass is 10.0. The van der Waals surface area contributed by atoms with Crippen LogP contribution < -0.4 is 0 Å². The Labute approximate surface area is 132 Å². The second-order valence-corrected chi connectivity index (χ2v) is 7.26. The molecule has 6 nitrogen and oxygen atoms in total. The van der Waals surface area contributed by atoms with Gasteiger partial charge in [-0.25, -0.2) is 9.78 Å². The van der Waals surface area contributed by atoms with Crippen LogP contribution in [-0.2, 0) is 17.8 Å². The number of carboxylic acids is 1. The molecule has 0 bridgehead atoms. The second-order valence-electron chi connectivity index (χ2n) is 4.46. The Bertz CT molecular complexity index is 681. The summed E-state index contributed by atoms with van der Waals surface area (Å²) in [5.74, 6) is -1.26. The summed E-state index contributed by atoms with van der Waals surface area (Å²) in [4.78, 5) is 32.4. The minimum Gasteiger partial charge on any atom is -0.480 e. The number of carbonyl (C=O) groups is 2. The third-order valence-corrected chi connectivity index (χ3v) is 5.05. The topological polar surface area (TPSA) is 86.3 Å². The summed E-state index contributed by atoms with van der Waals surface area (Å²) in [5, 5.41) is 11.1. The number of thiophene rings is 1. The zero-order chi connectivity index (χ0) is 14.3. The smallest absolute Gasteiger partial charge is 0.326 e. The molecule has 0 saturated heterocycles. The summed E-state index contributed by atoms with van der Waals surface area (Å²) in [7, 11) is 0. The van der Waals surface area contributed by atoms with Crippen LogP contribution in [0.4, 0.5) is 0 Å². The summed E-state index contributed by atoms with van der Waals surface area (Å²) in [6.45, 7) is 0.248. The molecular weight excluding hydrogens is 393 g/mol. The second kappa shape index (κ2) is 5.17. The van der Waals surface area contributed by atoms with Gasteiger partial charge in [0.15, 0.2) is 0 Å². The number of carbonyl (C=O) groups excluding carboxylic acids is 1. The van der Waals surface area contributed by atoms with E-state index in [1.807, 2.05) is 0 Å². The largest absolute Gasteiger partial charge is 0.480 e. The molecule has 0 aliphatic carbocycles. The Morgan fingerprint density at radius 2 is 2.35 bits per heavy atom. The minimum absolute atomic E-state index is 0.237. The Morgan fingerprint density at radius 3 is 3.00 bits per heavy atom. The van der Waals surface area contributed by atoms with Crippen molar-refractivity contribution < 1.29 is 14.7 Å². The molecule has 20 heavy (non-hydrogen) atoms. The highest BCUT2D eigenvalue weighted by Gasteiger charge is 2.36. The van der Waals surface area contributed by atoms with Gasteiger partial charge in [0.1, 0.15) is 6.04 Å². The molecule has 1 aliphatic heterocycles. The molecule has 0 aromatic carbocycles. The molecule has 2 aromatic heterocycles. The highest BCUT2D eigenvalue weighted by Crippen LogP contribution is 2.25. The van der Waals surface area contributed by atoms with Crippen LogP contribution in [0.3, 0.4) is 0 Å². The monoisotopic (exact) mass is 403 g/mol. The van der Waals surface area contributed by atoms with Gasteiger partial charge in [-0.1, -0.05) is 0 Å². The van der Waals surface area contributed by atoms with Crippen LogP contribution in [0.5, 0.6) is 0 Å². The predicted molar refractivity (Wildman–Crippen MR) is 80.6 cm³/mol. The van der Waals surface area contributed by atoms with Gasteiger partial charge in [-0.3, -0.25) is 4.79 Å². The van der Waals surface area contributed by atoms with Crippen molar-refractivity contribution in [1.29, 1.82) is 0 Å². The first-order valence-electron chi connectivity index (χ1n) is 5.85. The number of halogens is 1. The Balaban J connectivity index is 1.94. The van der Waals surface area contributed by atoms with Gasteiger partial charge in [0, 0.05) is 11.8 Å². The van der Waals surface area contributed by atoms with Crippen molar-refractivity contribution in [3.63, 3.8) is 0 Å². The standard InChI is InChI=1S/C12H10IN3O3S/c13-10-1-6(4-20-10)11(17)16-3-8-7(14-5-15-8)2-9(16)12(18)19/h1,4-5,9H,2-3H2,(H,14,15)(H,18,19). The minimum atomic E-state index is -1.00. The molecule has 3 heterocycles. The molecular formula is C12H10IN3O3S. The average molecular weight is 403 g/mol. The number of rotatable bonds is 2. The first-order chi connectivity index (χ1) is 9.56. The molecule has 1 unspecified atom stereocenters. The maximum absolute atomic E-state index is 12.5. The molecule has 104 valence electrons. The van der Waals surface area contributed by atoms with Crippen molar-refractivity contribution in [3.8, 4) is 0 Å².